The summed E-state index contributed by atoms with van der Waals surface area (Å²) in [6, 6.07) is 69.4. The molecular weight excluding hydrogens is 767 g/mol. The van der Waals surface area contributed by atoms with Crippen molar-refractivity contribution in [3.05, 3.63) is 241 Å². The van der Waals surface area contributed by atoms with Crippen LogP contribution in [0.5, 0.6) is 17.2 Å². The predicted molar refractivity (Wildman–Crippen MR) is 261 cm³/mol. The summed E-state index contributed by atoms with van der Waals surface area (Å²) in [5.41, 5.74) is 10.2. The maximum Gasteiger partial charge on any atom is 0.257 e. The highest BCUT2D eigenvalue weighted by molar-refractivity contribution is 6.95. The summed E-state index contributed by atoms with van der Waals surface area (Å²) in [5.74, 6) is 3.42. The Hall–Kier alpha value is -8.02. The molecule has 0 bridgehead atoms. The van der Waals surface area contributed by atoms with Crippen LogP contribution in [0, 0.1) is 11.8 Å². The second kappa shape index (κ2) is 14.3. The van der Waals surface area contributed by atoms with Crippen molar-refractivity contribution in [2.75, 3.05) is 9.80 Å². The fourth-order valence-corrected chi connectivity index (χ4v) is 10.7. The minimum absolute atomic E-state index is 0.00168. The normalized spacial score (nSPS) is 16.7. The van der Waals surface area contributed by atoms with Crippen molar-refractivity contribution < 1.29 is 9.47 Å². The molecule has 13 rings (SSSR count). The predicted octanol–water partition coefficient (Wildman–Crippen LogP) is 13.6. The van der Waals surface area contributed by atoms with Gasteiger partial charge in [-0.1, -0.05) is 164 Å². The maximum atomic E-state index is 7.19. The molecule has 4 aliphatic rings. The second-order valence-corrected chi connectivity index (χ2v) is 16.7. The molecule has 0 spiro atoms. The van der Waals surface area contributed by atoms with Gasteiger partial charge in [0.2, 0.25) is 0 Å². The number of hydrogen-bond acceptors (Lipinski definition) is 4. The molecule has 2 unspecified atom stereocenters. The molecule has 2 aliphatic heterocycles. The molecule has 0 saturated carbocycles. The summed E-state index contributed by atoms with van der Waals surface area (Å²) in [6.45, 7) is -0.116. The van der Waals surface area contributed by atoms with E-state index in [2.05, 4.69) is 234 Å². The summed E-state index contributed by atoms with van der Waals surface area (Å²) in [4.78, 5) is 4.86. The van der Waals surface area contributed by atoms with Gasteiger partial charge in [-0.05, 0) is 75.6 Å². The zero-order chi connectivity index (χ0) is 41.4. The summed E-state index contributed by atoms with van der Waals surface area (Å²) >= 11 is 0. The standard InChI is InChI=1S/C58H39BN2O2/c1-3-22-40(23-4-1)60(41-24-5-2-6-25-41)50-36-54-56(46-30-13-11-28-44(46)50)59-57-47-31-14-12-29-45(47)51(37-55(57)63-53-35-17-34-52(62-54)58(53)59)61(48-32-15-20-38-18-7-9-26-42(38)48)49-33-16-21-39-19-8-10-27-43(39)49/h1-37,45,47H. The van der Waals surface area contributed by atoms with Crippen molar-refractivity contribution in [3.8, 4) is 17.2 Å². The maximum absolute atomic E-state index is 7.19. The number of hydrogen-bond donors (Lipinski definition) is 0. The van der Waals surface area contributed by atoms with Gasteiger partial charge in [-0.25, -0.2) is 0 Å². The SMILES string of the molecule is C1=CC2C(N(c3cccc4ccccc34)c3cccc4ccccc34)=CC3=C(B4c5c(cccc5Oc5cc(N(c6ccccc6)c6ccccc6)c6ccccc6c54)O3)C2C=C1. The summed E-state index contributed by atoms with van der Waals surface area (Å²) < 4.78 is 14.3. The van der Waals surface area contributed by atoms with E-state index in [4.69, 9.17) is 9.47 Å². The highest BCUT2D eigenvalue weighted by atomic mass is 16.5. The molecule has 0 saturated heterocycles. The molecule has 0 radical (unpaired) electrons. The van der Waals surface area contributed by atoms with Crippen LogP contribution in [0.15, 0.2) is 241 Å². The lowest BCUT2D eigenvalue weighted by Crippen LogP contribution is -2.54. The van der Waals surface area contributed by atoms with Crippen molar-refractivity contribution in [2.45, 2.75) is 0 Å². The average molecular weight is 807 g/mol. The number of fused-ring (bicyclic) bond motifs is 9. The van der Waals surface area contributed by atoms with E-state index in [-0.39, 0.29) is 18.5 Å². The molecule has 4 nitrogen and oxygen atoms in total. The number of ether oxygens (including phenoxy) is 2. The highest BCUT2D eigenvalue weighted by Gasteiger charge is 2.49. The number of para-hydroxylation sites is 2. The minimum atomic E-state index is -0.116. The topological polar surface area (TPSA) is 24.9 Å². The van der Waals surface area contributed by atoms with Gasteiger partial charge in [0.05, 0.1) is 17.1 Å². The van der Waals surface area contributed by atoms with Crippen LogP contribution in [0.25, 0.3) is 32.3 Å². The Bertz CT molecular complexity index is 3320. The Kier molecular flexibility index (Phi) is 8.10. The van der Waals surface area contributed by atoms with Gasteiger partial charge in [0.1, 0.15) is 23.0 Å². The first-order valence-electron chi connectivity index (χ1n) is 21.8. The van der Waals surface area contributed by atoms with Crippen LogP contribution in [-0.2, 0) is 0 Å². The smallest absolute Gasteiger partial charge is 0.257 e. The first kappa shape index (κ1) is 35.7. The molecule has 5 heteroatoms. The molecule has 296 valence electrons. The molecular formula is C58H39BN2O2. The van der Waals surface area contributed by atoms with E-state index in [1.54, 1.807) is 0 Å². The Morgan fingerprint density at radius 3 is 1.57 bits per heavy atom. The molecule has 9 aromatic rings. The number of allylic oxidation sites excluding steroid dienone is 6. The van der Waals surface area contributed by atoms with E-state index >= 15 is 0 Å². The fourth-order valence-electron chi connectivity index (χ4n) is 10.7. The molecule has 2 atom stereocenters. The summed E-state index contributed by atoms with van der Waals surface area (Å²) in [7, 11) is 0. The van der Waals surface area contributed by atoms with Gasteiger partial charge in [-0.15, -0.1) is 0 Å². The van der Waals surface area contributed by atoms with Gasteiger partial charge >= 0.3 is 0 Å². The van der Waals surface area contributed by atoms with Crippen LogP contribution in [0.4, 0.5) is 28.4 Å². The van der Waals surface area contributed by atoms with Crippen LogP contribution >= 0.6 is 0 Å². The van der Waals surface area contributed by atoms with Crippen LogP contribution in [0.2, 0.25) is 0 Å². The van der Waals surface area contributed by atoms with Gasteiger partial charge < -0.3 is 19.3 Å². The van der Waals surface area contributed by atoms with Crippen molar-refractivity contribution >= 4 is 78.4 Å². The molecule has 0 fully saturated rings. The number of rotatable bonds is 6. The average Bonchev–Trinajstić information content (AvgIpc) is 3.35. The molecule has 2 heterocycles. The Labute approximate surface area is 366 Å². The quantitative estimate of drug-likeness (QED) is 0.156. The Balaban J connectivity index is 1.07. The summed E-state index contributed by atoms with van der Waals surface area (Å²) in [5, 5.41) is 7.11. The largest absolute Gasteiger partial charge is 0.459 e. The highest BCUT2D eigenvalue weighted by Crippen LogP contribution is 2.51. The zero-order valence-corrected chi connectivity index (χ0v) is 34.3. The van der Waals surface area contributed by atoms with E-state index in [0.717, 1.165) is 67.7 Å². The van der Waals surface area contributed by atoms with Gasteiger partial charge in [0, 0.05) is 62.7 Å². The zero-order valence-electron chi connectivity index (χ0n) is 34.3. The number of benzene rings is 9. The first-order chi connectivity index (χ1) is 31.3. The number of nitrogens with zero attached hydrogens (tertiary/aromatic N) is 2. The first-order valence-corrected chi connectivity index (χ1v) is 21.8. The molecule has 0 amide bonds. The van der Waals surface area contributed by atoms with Crippen molar-refractivity contribution in [1.82, 2.24) is 0 Å². The lowest BCUT2D eigenvalue weighted by atomic mass is 9.31. The van der Waals surface area contributed by atoms with Crippen molar-refractivity contribution in [1.29, 1.82) is 0 Å². The van der Waals surface area contributed by atoms with Crippen molar-refractivity contribution in [3.63, 3.8) is 0 Å². The molecule has 0 N–H and O–H groups in total. The third-order valence-electron chi connectivity index (χ3n) is 13.3. The van der Waals surface area contributed by atoms with Crippen molar-refractivity contribution in [2.24, 2.45) is 11.8 Å². The lowest BCUT2D eigenvalue weighted by Gasteiger charge is -2.44. The second-order valence-electron chi connectivity index (χ2n) is 16.7. The lowest BCUT2D eigenvalue weighted by molar-refractivity contribution is 0.411. The number of anilines is 5. The van der Waals surface area contributed by atoms with Gasteiger partial charge in [0.15, 0.2) is 0 Å². The third-order valence-corrected chi connectivity index (χ3v) is 13.3. The van der Waals surface area contributed by atoms with Gasteiger partial charge in [-0.2, -0.15) is 0 Å². The van der Waals surface area contributed by atoms with Crippen LogP contribution in [0.3, 0.4) is 0 Å². The Morgan fingerprint density at radius 2 is 0.921 bits per heavy atom. The van der Waals surface area contributed by atoms with Crippen LogP contribution < -0.4 is 30.2 Å². The van der Waals surface area contributed by atoms with E-state index in [1.165, 1.54) is 38.2 Å². The van der Waals surface area contributed by atoms with Gasteiger partial charge in [-0.3, -0.25) is 0 Å². The molecule has 2 aliphatic carbocycles. The Morgan fingerprint density at radius 1 is 0.397 bits per heavy atom. The van der Waals surface area contributed by atoms with E-state index in [9.17, 15) is 0 Å². The molecule has 9 aromatic carbocycles. The minimum Gasteiger partial charge on any atom is -0.459 e. The van der Waals surface area contributed by atoms with E-state index in [0.29, 0.717) is 0 Å². The van der Waals surface area contributed by atoms with Gasteiger partial charge in [0.25, 0.3) is 6.71 Å². The molecule has 0 aromatic heterocycles. The van der Waals surface area contributed by atoms with E-state index < -0.39 is 0 Å². The molecule has 63 heavy (non-hydrogen) atoms. The summed E-state index contributed by atoms with van der Waals surface area (Å²) in [6.07, 6.45) is 11.6. The monoisotopic (exact) mass is 806 g/mol. The third kappa shape index (κ3) is 5.56. The van der Waals surface area contributed by atoms with E-state index in [1.807, 2.05) is 0 Å². The van der Waals surface area contributed by atoms with Crippen LogP contribution in [0.1, 0.15) is 0 Å². The van der Waals surface area contributed by atoms with Crippen LogP contribution in [-0.4, -0.2) is 6.71 Å². The fraction of sp³-hybridized carbons (Fsp3) is 0.0345.